The Balaban J connectivity index is 1.65. The van der Waals surface area contributed by atoms with E-state index in [1.165, 1.54) is 0 Å². The van der Waals surface area contributed by atoms with E-state index < -0.39 is 29.0 Å². The highest BCUT2D eigenvalue weighted by Crippen LogP contribution is 2.65. The topological polar surface area (TPSA) is 102 Å². The summed E-state index contributed by atoms with van der Waals surface area (Å²) < 4.78 is 10.6. The zero-order valence-corrected chi connectivity index (χ0v) is 19.3. The fourth-order valence-electron chi connectivity index (χ4n) is 6.50. The molecule has 1 aromatic carbocycles. The smallest absolute Gasteiger partial charge is 0.412 e. The van der Waals surface area contributed by atoms with Crippen molar-refractivity contribution in [2.75, 3.05) is 11.9 Å². The van der Waals surface area contributed by atoms with Gasteiger partial charge in [-0.05, 0) is 101 Å². The Morgan fingerprint density at radius 1 is 1.12 bits per heavy atom. The number of carboxylic acid groups (broad SMARTS) is 1. The molecule has 0 aromatic heterocycles. The molecule has 1 amide bonds. The average Bonchev–Trinajstić information content (AvgIpc) is 2.66. The summed E-state index contributed by atoms with van der Waals surface area (Å²) in [5.74, 6) is 0.174. The first-order valence-electron chi connectivity index (χ1n) is 11.6. The van der Waals surface area contributed by atoms with Gasteiger partial charge in [0.1, 0.15) is 5.60 Å². The number of nitrogens with one attached hydrogen (secondary N) is 1. The summed E-state index contributed by atoms with van der Waals surface area (Å²) in [6.45, 7) is 7.31. The lowest BCUT2D eigenvalue weighted by molar-refractivity contribution is -0.166. The van der Waals surface area contributed by atoms with E-state index in [0.717, 1.165) is 24.8 Å². The van der Waals surface area contributed by atoms with E-state index in [9.17, 15) is 19.5 Å². The molecule has 0 radical (unpaired) electrons. The van der Waals surface area contributed by atoms with Crippen LogP contribution in [0, 0.1) is 23.2 Å². The summed E-state index contributed by atoms with van der Waals surface area (Å²) in [6, 6.07) is 5.50. The number of hydrogen-bond acceptors (Lipinski definition) is 5. The number of anilines is 1. The number of aliphatic carboxylic acids is 1. The normalized spacial score (nSPS) is 30.6. The molecule has 2 N–H and O–H groups in total. The van der Waals surface area contributed by atoms with Gasteiger partial charge in [0.15, 0.2) is 0 Å². The molecule has 4 bridgehead atoms. The zero-order chi connectivity index (χ0) is 23.3. The van der Waals surface area contributed by atoms with Crippen molar-refractivity contribution in [3.05, 3.63) is 29.3 Å². The third-order valence-corrected chi connectivity index (χ3v) is 7.29. The van der Waals surface area contributed by atoms with Crippen LogP contribution in [0.1, 0.15) is 81.6 Å². The number of carboxylic acids is 1. The molecule has 0 aliphatic heterocycles. The van der Waals surface area contributed by atoms with Crippen LogP contribution < -0.4 is 5.32 Å². The number of carbonyl (C=O) groups excluding carboxylic acids is 2. The Kier molecular flexibility index (Phi) is 5.72. The second-order valence-corrected chi connectivity index (χ2v) is 10.7. The molecule has 7 nitrogen and oxygen atoms in total. The summed E-state index contributed by atoms with van der Waals surface area (Å²) in [7, 11) is 0. The van der Waals surface area contributed by atoms with Crippen LogP contribution in [0.15, 0.2) is 18.2 Å². The Morgan fingerprint density at radius 3 is 2.34 bits per heavy atom. The lowest BCUT2D eigenvalue weighted by Gasteiger charge is -2.58. The number of carbonyl (C=O) groups is 3. The first-order chi connectivity index (χ1) is 15.0. The maximum Gasteiger partial charge on any atom is 0.412 e. The van der Waals surface area contributed by atoms with E-state index in [-0.39, 0.29) is 18.1 Å². The van der Waals surface area contributed by atoms with E-state index in [4.69, 9.17) is 9.47 Å². The standard InChI is InChI=1S/C25H33NO6/c1-5-31-21(27)18-7-6-15(10-19(18)26-23(30)32-24(2,3)4)20-16-8-14-9-17(20)13-25(11-14,12-16)22(28)29/h6-7,10,14,16-17,20H,5,8-9,11-13H2,1-4H3,(H,26,30)(H,28,29)/t14?,16-,17+,20?,25?. The van der Waals surface area contributed by atoms with Crippen molar-refractivity contribution in [1.29, 1.82) is 0 Å². The SMILES string of the molecule is CCOC(=O)c1ccc(C2[C@@H]3CC4C[C@H]2CC(C(=O)O)(C4)C3)cc1NC(=O)OC(C)(C)C. The Labute approximate surface area is 188 Å². The number of amides is 1. The number of esters is 1. The summed E-state index contributed by atoms with van der Waals surface area (Å²) >= 11 is 0. The van der Waals surface area contributed by atoms with Crippen LogP contribution in [0.4, 0.5) is 10.5 Å². The third-order valence-electron chi connectivity index (χ3n) is 7.29. The van der Waals surface area contributed by atoms with E-state index >= 15 is 0 Å². The molecule has 1 aromatic rings. The molecule has 4 aliphatic carbocycles. The third kappa shape index (κ3) is 4.21. The predicted molar refractivity (Wildman–Crippen MR) is 119 cm³/mol. The van der Waals surface area contributed by atoms with Gasteiger partial charge < -0.3 is 14.6 Å². The second kappa shape index (κ2) is 8.09. The minimum atomic E-state index is -0.668. The van der Waals surface area contributed by atoms with Crippen molar-refractivity contribution in [3.8, 4) is 0 Å². The fourth-order valence-corrected chi connectivity index (χ4v) is 6.50. The Hall–Kier alpha value is -2.57. The minimum absolute atomic E-state index is 0.231. The molecular weight excluding hydrogens is 410 g/mol. The molecule has 4 fully saturated rings. The van der Waals surface area contributed by atoms with Gasteiger partial charge in [0.25, 0.3) is 0 Å². The molecule has 0 heterocycles. The van der Waals surface area contributed by atoms with E-state index in [0.29, 0.717) is 36.3 Å². The van der Waals surface area contributed by atoms with Crippen LogP contribution in [0.3, 0.4) is 0 Å². The largest absolute Gasteiger partial charge is 0.481 e. The van der Waals surface area contributed by atoms with E-state index in [1.807, 2.05) is 12.1 Å². The van der Waals surface area contributed by atoms with E-state index in [2.05, 4.69) is 5.32 Å². The predicted octanol–water partition coefficient (Wildman–Crippen LogP) is 5.20. The lowest BCUT2D eigenvalue weighted by atomic mass is 9.45. The maximum atomic E-state index is 12.5. The van der Waals surface area contributed by atoms with Gasteiger partial charge in [-0.3, -0.25) is 10.1 Å². The molecule has 4 aliphatic rings. The second-order valence-electron chi connectivity index (χ2n) is 10.7. The molecule has 4 saturated carbocycles. The highest BCUT2D eigenvalue weighted by atomic mass is 16.6. The first kappa shape index (κ1) is 22.6. The number of ether oxygens (including phenoxy) is 2. The van der Waals surface area contributed by atoms with Crippen molar-refractivity contribution in [3.63, 3.8) is 0 Å². The summed E-state index contributed by atoms with van der Waals surface area (Å²) in [6.07, 6.45) is 3.67. The van der Waals surface area contributed by atoms with Gasteiger partial charge in [0.2, 0.25) is 0 Å². The van der Waals surface area contributed by atoms with Crippen LogP contribution in [-0.4, -0.2) is 35.3 Å². The minimum Gasteiger partial charge on any atom is -0.481 e. The van der Waals surface area contributed by atoms with Gasteiger partial charge in [0, 0.05) is 0 Å². The van der Waals surface area contributed by atoms with Gasteiger partial charge in [-0.15, -0.1) is 0 Å². The van der Waals surface area contributed by atoms with Crippen LogP contribution >= 0.6 is 0 Å². The summed E-state index contributed by atoms with van der Waals surface area (Å²) in [4.78, 5) is 37.0. The highest BCUT2D eigenvalue weighted by molar-refractivity contribution is 6.00. The molecular formula is C25H33NO6. The van der Waals surface area contributed by atoms with Gasteiger partial charge in [-0.1, -0.05) is 6.07 Å². The highest BCUT2D eigenvalue weighted by Gasteiger charge is 2.58. The van der Waals surface area contributed by atoms with Crippen LogP contribution in [-0.2, 0) is 14.3 Å². The fraction of sp³-hybridized carbons (Fsp3) is 0.640. The number of hydrogen-bond donors (Lipinski definition) is 2. The number of benzene rings is 1. The molecule has 3 unspecified atom stereocenters. The van der Waals surface area contributed by atoms with Crippen LogP contribution in [0.25, 0.3) is 0 Å². The van der Waals surface area contributed by atoms with Crippen LogP contribution in [0.2, 0.25) is 0 Å². The van der Waals surface area contributed by atoms with Crippen molar-refractivity contribution >= 4 is 23.7 Å². The molecule has 5 atom stereocenters. The molecule has 174 valence electrons. The Morgan fingerprint density at radius 2 is 1.78 bits per heavy atom. The van der Waals surface area contributed by atoms with Crippen molar-refractivity contribution in [1.82, 2.24) is 0 Å². The van der Waals surface area contributed by atoms with Gasteiger partial charge in [-0.2, -0.15) is 0 Å². The van der Waals surface area contributed by atoms with Crippen molar-refractivity contribution in [2.24, 2.45) is 23.2 Å². The molecule has 0 spiro atoms. The quantitative estimate of drug-likeness (QED) is 0.606. The zero-order valence-electron chi connectivity index (χ0n) is 19.3. The molecule has 0 saturated heterocycles. The molecule has 32 heavy (non-hydrogen) atoms. The van der Waals surface area contributed by atoms with E-state index in [1.54, 1.807) is 33.8 Å². The molecule has 5 rings (SSSR count). The van der Waals surface area contributed by atoms with Gasteiger partial charge in [-0.25, -0.2) is 9.59 Å². The maximum absolute atomic E-state index is 12.5. The monoisotopic (exact) mass is 443 g/mol. The van der Waals surface area contributed by atoms with Crippen LogP contribution in [0.5, 0.6) is 0 Å². The first-order valence-corrected chi connectivity index (χ1v) is 11.6. The average molecular weight is 444 g/mol. The van der Waals surface area contributed by atoms with Gasteiger partial charge >= 0.3 is 18.0 Å². The molecule has 7 heteroatoms. The Bertz CT molecular complexity index is 917. The van der Waals surface area contributed by atoms with Crippen molar-refractivity contribution in [2.45, 2.75) is 71.3 Å². The van der Waals surface area contributed by atoms with Crippen molar-refractivity contribution < 1.29 is 29.0 Å². The van der Waals surface area contributed by atoms with Gasteiger partial charge in [0.05, 0.1) is 23.3 Å². The number of rotatable bonds is 5. The summed E-state index contributed by atoms with van der Waals surface area (Å²) in [5, 5.41) is 12.6. The summed E-state index contributed by atoms with van der Waals surface area (Å²) in [5.41, 5.74) is 0.455. The lowest BCUT2D eigenvalue weighted by Crippen LogP contribution is -2.53.